The van der Waals surface area contributed by atoms with Gasteiger partial charge in [0.1, 0.15) is 5.75 Å². The van der Waals surface area contributed by atoms with Crippen molar-refractivity contribution < 1.29 is 5.11 Å². The summed E-state index contributed by atoms with van der Waals surface area (Å²) in [6.07, 6.45) is 3.61. The van der Waals surface area contributed by atoms with E-state index in [0.29, 0.717) is 6.54 Å². The molecule has 70 valence electrons. The predicted molar refractivity (Wildman–Crippen MR) is 58.6 cm³/mol. The summed E-state index contributed by atoms with van der Waals surface area (Å²) < 4.78 is 0.988. The molecular formula is C10H12BrNO. The summed E-state index contributed by atoms with van der Waals surface area (Å²) in [5.74, 6) is 0.283. The SMILES string of the molecule is Cc1cc(O)c(/C=C/CN)cc1Br. The third-order valence-electron chi connectivity index (χ3n) is 1.74. The molecule has 3 N–H and O–H groups in total. The molecule has 0 bridgehead atoms. The van der Waals surface area contributed by atoms with Gasteiger partial charge in [0.05, 0.1) is 0 Å². The average molecular weight is 242 g/mol. The fourth-order valence-electron chi connectivity index (χ4n) is 1.01. The first-order valence-corrected chi connectivity index (χ1v) is 4.80. The van der Waals surface area contributed by atoms with Crippen LogP contribution in [0.4, 0.5) is 0 Å². The zero-order chi connectivity index (χ0) is 9.84. The fourth-order valence-corrected chi connectivity index (χ4v) is 1.37. The third-order valence-corrected chi connectivity index (χ3v) is 2.60. The van der Waals surface area contributed by atoms with Crippen LogP contribution in [0.1, 0.15) is 11.1 Å². The van der Waals surface area contributed by atoms with E-state index in [1.165, 1.54) is 0 Å². The topological polar surface area (TPSA) is 46.2 Å². The molecule has 0 spiro atoms. The molecule has 1 aromatic carbocycles. The summed E-state index contributed by atoms with van der Waals surface area (Å²) in [4.78, 5) is 0. The molecule has 0 radical (unpaired) electrons. The van der Waals surface area contributed by atoms with E-state index in [-0.39, 0.29) is 5.75 Å². The van der Waals surface area contributed by atoms with Crippen LogP contribution in [0, 0.1) is 6.92 Å². The van der Waals surface area contributed by atoms with Crippen LogP contribution in [0.5, 0.6) is 5.75 Å². The lowest BCUT2D eigenvalue weighted by atomic mass is 10.1. The molecule has 0 aliphatic heterocycles. The Labute approximate surface area is 86.2 Å². The highest BCUT2D eigenvalue weighted by molar-refractivity contribution is 9.10. The van der Waals surface area contributed by atoms with E-state index < -0.39 is 0 Å². The first-order chi connectivity index (χ1) is 6.15. The largest absolute Gasteiger partial charge is 0.507 e. The molecule has 0 aliphatic carbocycles. The quantitative estimate of drug-likeness (QED) is 0.836. The number of phenolic OH excluding ortho intramolecular Hbond substituents is 1. The maximum Gasteiger partial charge on any atom is 0.123 e. The van der Waals surface area contributed by atoms with Gasteiger partial charge in [-0.1, -0.05) is 28.1 Å². The molecular weight excluding hydrogens is 230 g/mol. The minimum absolute atomic E-state index is 0.283. The van der Waals surface area contributed by atoms with Gasteiger partial charge in [0, 0.05) is 16.6 Å². The van der Waals surface area contributed by atoms with Gasteiger partial charge in [-0.05, 0) is 24.6 Å². The van der Waals surface area contributed by atoms with Gasteiger partial charge in [-0.3, -0.25) is 0 Å². The van der Waals surface area contributed by atoms with Crippen molar-refractivity contribution in [3.05, 3.63) is 33.8 Å². The number of rotatable bonds is 2. The Bertz CT molecular complexity index is 334. The van der Waals surface area contributed by atoms with Crippen molar-refractivity contribution in [3.63, 3.8) is 0 Å². The van der Waals surface area contributed by atoms with Crippen molar-refractivity contribution in [3.8, 4) is 5.75 Å². The second-order valence-electron chi connectivity index (χ2n) is 2.80. The number of aromatic hydroxyl groups is 1. The number of nitrogens with two attached hydrogens (primary N) is 1. The monoisotopic (exact) mass is 241 g/mol. The second-order valence-corrected chi connectivity index (χ2v) is 3.65. The van der Waals surface area contributed by atoms with E-state index in [2.05, 4.69) is 15.9 Å². The van der Waals surface area contributed by atoms with Crippen molar-refractivity contribution in [2.24, 2.45) is 5.73 Å². The lowest BCUT2D eigenvalue weighted by Crippen LogP contribution is -1.92. The van der Waals surface area contributed by atoms with E-state index in [1.54, 1.807) is 18.2 Å². The van der Waals surface area contributed by atoms with Crippen LogP contribution in [0.15, 0.2) is 22.7 Å². The van der Waals surface area contributed by atoms with Crippen LogP contribution < -0.4 is 5.73 Å². The van der Waals surface area contributed by atoms with Crippen molar-refractivity contribution in [2.45, 2.75) is 6.92 Å². The summed E-state index contributed by atoms with van der Waals surface area (Å²) in [6.45, 7) is 2.41. The third kappa shape index (κ3) is 2.57. The number of benzene rings is 1. The normalized spacial score (nSPS) is 11.0. The van der Waals surface area contributed by atoms with Gasteiger partial charge in [-0.2, -0.15) is 0 Å². The molecule has 13 heavy (non-hydrogen) atoms. The van der Waals surface area contributed by atoms with Gasteiger partial charge in [-0.15, -0.1) is 0 Å². The average Bonchev–Trinajstić information content (AvgIpc) is 2.09. The van der Waals surface area contributed by atoms with Gasteiger partial charge in [0.25, 0.3) is 0 Å². The summed E-state index contributed by atoms with van der Waals surface area (Å²) in [5, 5.41) is 9.53. The van der Waals surface area contributed by atoms with Crippen LogP contribution >= 0.6 is 15.9 Å². The Morgan fingerprint density at radius 2 is 2.23 bits per heavy atom. The second kappa shape index (κ2) is 4.44. The molecule has 0 heterocycles. The first-order valence-electron chi connectivity index (χ1n) is 4.01. The molecule has 0 saturated carbocycles. The number of aryl methyl sites for hydroxylation is 1. The molecule has 0 unspecified atom stereocenters. The molecule has 0 fully saturated rings. The standard InChI is InChI=1S/C10H12BrNO/c1-7-5-10(13)8(3-2-4-12)6-9(7)11/h2-3,5-6,13H,4,12H2,1H3/b3-2+. The molecule has 0 saturated heterocycles. The van der Waals surface area contributed by atoms with Crippen LogP contribution in [-0.4, -0.2) is 11.7 Å². The molecule has 0 atom stereocenters. The Morgan fingerprint density at radius 3 is 2.85 bits per heavy atom. The molecule has 0 amide bonds. The zero-order valence-electron chi connectivity index (χ0n) is 7.42. The summed E-state index contributed by atoms with van der Waals surface area (Å²) in [5.41, 5.74) is 7.11. The van der Waals surface area contributed by atoms with E-state index in [0.717, 1.165) is 15.6 Å². The maximum atomic E-state index is 9.53. The van der Waals surface area contributed by atoms with Gasteiger partial charge in [0.2, 0.25) is 0 Å². The summed E-state index contributed by atoms with van der Waals surface area (Å²) >= 11 is 3.40. The predicted octanol–water partition coefficient (Wildman–Crippen LogP) is 2.44. The number of hydrogen-bond acceptors (Lipinski definition) is 2. The lowest BCUT2D eigenvalue weighted by molar-refractivity contribution is 0.473. The van der Waals surface area contributed by atoms with E-state index >= 15 is 0 Å². The van der Waals surface area contributed by atoms with Crippen molar-refractivity contribution in [1.29, 1.82) is 0 Å². The van der Waals surface area contributed by atoms with Gasteiger partial charge in [-0.25, -0.2) is 0 Å². The van der Waals surface area contributed by atoms with E-state index in [9.17, 15) is 5.11 Å². The highest BCUT2D eigenvalue weighted by atomic mass is 79.9. The van der Waals surface area contributed by atoms with Crippen LogP contribution in [0.2, 0.25) is 0 Å². The smallest absolute Gasteiger partial charge is 0.123 e. The van der Waals surface area contributed by atoms with Gasteiger partial charge in [0.15, 0.2) is 0 Å². The summed E-state index contributed by atoms with van der Waals surface area (Å²) in [7, 11) is 0. The molecule has 0 aliphatic rings. The molecule has 1 aromatic rings. The Kier molecular flexibility index (Phi) is 3.51. The van der Waals surface area contributed by atoms with E-state index in [1.807, 2.05) is 13.0 Å². The summed E-state index contributed by atoms with van der Waals surface area (Å²) in [6, 6.07) is 3.59. The van der Waals surface area contributed by atoms with Crippen LogP contribution in [0.3, 0.4) is 0 Å². The molecule has 3 heteroatoms. The van der Waals surface area contributed by atoms with Crippen molar-refractivity contribution in [1.82, 2.24) is 0 Å². The van der Waals surface area contributed by atoms with Crippen LogP contribution in [-0.2, 0) is 0 Å². The minimum Gasteiger partial charge on any atom is -0.507 e. The highest BCUT2D eigenvalue weighted by Crippen LogP contribution is 2.26. The minimum atomic E-state index is 0.283. The Morgan fingerprint density at radius 1 is 1.54 bits per heavy atom. The Balaban J connectivity index is 3.08. The fraction of sp³-hybridized carbons (Fsp3) is 0.200. The van der Waals surface area contributed by atoms with Crippen LogP contribution in [0.25, 0.3) is 6.08 Å². The van der Waals surface area contributed by atoms with Crippen molar-refractivity contribution in [2.75, 3.05) is 6.54 Å². The number of phenols is 1. The van der Waals surface area contributed by atoms with E-state index in [4.69, 9.17) is 5.73 Å². The molecule has 0 aromatic heterocycles. The highest BCUT2D eigenvalue weighted by Gasteiger charge is 2.01. The van der Waals surface area contributed by atoms with Gasteiger partial charge >= 0.3 is 0 Å². The molecule has 1 rings (SSSR count). The van der Waals surface area contributed by atoms with Gasteiger partial charge < -0.3 is 10.8 Å². The maximum absolute atomic E-state index is 9.53. The van der Waals surface area contributed by atoms with Crippen molar-refractivity contribution >= 4 is 22.0 Å². The number of hydrogen-bond donors (Lipinski definition) is 2. The molecule has 2 nitrogen and oxygen atoms in total. The zero-order valence-corrected chi connectivity index (χ0v) is 9.01. The number of halogens is 1. The Hall–Kier alpha value is -0.800. The first kappa shape index (κ1) is 10.3. The lowest BCUT2D eigenvalue weighted by Gasteiger charge is -2.03.